The summed E-state index contributed by atoms with van der Waals surface area (Å²) in [6, 6.07) is 16.4. The summed E-state index contributed by atoms with van der Waals surface area (Å²) in [6.07, 6.45) is 2.29. The molecule has 0 aromatic heterocycles. The summed E-state index contributed by atoms with van der Waals surface area (Å²) < 4.78 is 5.87. The van der Waals surface area contributed by atoms with E-state index in [0.29, 0.717) is 0 Å². The topological polar surface area (TPSA) is 15.7 Å². The number of hydrogen-bond acceptors (Lipinski definition) is 3. The van der Waals surface area contributed by atoms with Gasteiger partial charge in [-0.05, 0) is 62.2 Å². The van der Waals surface area contributed by atoms with Crippen molar-refractivity contribution in [1.29, 1.82) is 0 Å². The molecular formula is C21H27ClN2O. The Morgan fingerprint density at radius 1 is 0.920 bits per heavy atom. The van der Waals surface area contributed by atoms with E-state index in [1.54, 1.807) is 0 Å². The number of anilines is 1. The van der Waals surface area contributed by atoms with Crippen molar-refractivity contribution in [2.75, 3.05) is 44.2 Å². The molecule has 3 nitrogen and oxygen atoms in total. The van der Waals surface area contributed by atoms with Crippen LogP contribution >= 0.6 is 11.6 Å². The molecular weight excluding hydrogens is 332 g/mol. The summed E-state index contributed by atoms with van der Waals surface area (Å²) >= 11 is 5.97. The van der Waals surface area contributed by atoms with Crippen LogP contribution in [0.5, 0.6) is 5.75 Å². The standard InChI is InChI=1S/C21H27ClN2O/c1-18-6-2-3-7-21(18)25-17-5-4-12-23-13-15-24(16-14-23)20-10-8-19(22)9-11-20/h2-3,6-11H,4-5,12-17H2,1H3. The van der Waals surface area contributed by atoms with Gasteiger partial charge in [0.05, 0.1) is 6.61 Å². The van der Waals surface area contributed by atoms with E-state index in [4.69, 9.17) is 16.3 Å². The van der Waals surface area contributed by atoms with Crippen molar-refractivity contribution in [3.05, 3.63) is 59.1 Å². The van der Waals surface area contributed by atoms with Gasteiger partial charge in [0.1, 0.15) is 5.75 Å². The van der Waals surface area contributed by atoms with Gasteiger partial charge in [0.25, 0.3) is 0 Å². The van der Waals surface area contributed by atoms with E-state index in [2.05, 4.69) is 34.9 Å². The fourth-order valence-electron chi connectivity index (χ4n) is 3.22. The third-order valence-electron chi connectivity index (χ3n) is 4.78. The lowest BCUT2D eigenvalue weighted by Gasteiger charge is -2.36. The molecule has 1 aliphatic rings. The van der Waals surface area contributed by atoms with Crippen LogP contribution in [0.15, 0.2) is 48.5 Å². The summed E-state index contributed by atoms with van der Waals surface area (Å²) in [7, 11) is 0. The minimum atomic E-state index is 0.801. The molecule has 0 unspecified atom stereocenters. The molecule has 0 bridgehead atoms. The zero-order valence-corrected chi connectivity index (χ0v) is 15.7. The summed E-state index contributed by atoms with van der Waals surface area (Å²) in [5.74, 6) is 1.01. The van der Waals surface area contributed by atoms with Crippen LogP contribution in [0, 0.1) is 6.92 Å². The predicted octanol–water partition coefficient (Wildman–Crippen LogP) is 4.63. The largest absolute Gasteiger partial charge is 0.493 e. The predicted molar refractivity (Wildman–Crippen MR) is 106 cm³/mol. The number of ether oxygens (including phenoxy) is 1. The summed E-state index contributed by atoms with van der Waals surface area (Å²) in [6.45, 7) is 8.47. The second-order valence-corrected chi connectivity index (χ2v) is 7.06. The molecule has 1 aliphatic heterocycles. The highest BCUT2D eigenvalue weighted by atomic mass is 35.5. The van der Waals surface area contributed by atoms with Crippen LogP contribution in [0.2, 0.25) is 5.02 Å². The molecule has 0 aliphatic carbocycles. The normalized spacial score (nSPS) is 15.4. The maximum Gasteiger partial charge on any atom is 0.122 e. The van der Waals surface area contributed by atoms with Crippen molar-refractivity contribution in [3.8, 4) is 5.75 Å². The minimum absolute atomic E-state index is 0.801. The summed E-state index contributed by atoms with van der Waals surface area (Å²) in [5, 5.41) is 0.801. The van der Waals surface area contributed by atoms with Gasteiger partial charge in [-0.25, -0.2) is 0 Å². The highest BCUT2D eigenvalue weighted by molar-refractivity contribution is 6.30. The van der Waals surface area contributed by atoms with Crippen molar-refractivity contribution >= 4 is 17.3 Å². The van der Waals surface area contributed by atoms with Crippen LogP contribution in [-0.4, -0.2) is 44.2 Å². The Morgan fingerprint density at radius 2 is 1.64 bits per heavy atom. The molecule has 0 amide bonds. The van der Waals surface area contributed by atoms with Crippen LogP contribution in [0.1, 0.15) is 18.4 Å². The molecule has 4 heteroatoms. The molecule has 0 spiro atoms. The molecule has 134 valence electrons. The lowest BCUT2D eigenvalue weighted by atomic mass is 10.2. The molecule has 2 aromatic rings. The molecule has 1 saturated heterocycles. The van der Waals surface area contributed by atoms with Gasteiger partial charge in [-0.2, -0.15) is 0 Å². The summed E-state index contributed by atoms with van der Waals surface area (Å²) in [5.41, 5.74) is 2.48. The highest BCUT2D eigenvalue weighted by Crippen LogP contribution is 2.20. The number of aryl methyl sites for hydroxylation is 1. The van der Waals surface area contributed by atoms with E-state index in [-0.39, 0.29) is 0 Å². The summed E-state index contributed by atoms with van der Waals surface area (Å²) in [4.78, 5) is 4.99. The first kappa shape index (κ1) is 18.1. The van der Waals surface area contributed by atoms with Crippen molar-refractivity contribution in [3.63, 3.8) is 0 Å². The number of piperazine rings is 1. The fraction of sp³-hybridized carbons (Fsp3) is 0.429. The molecule has 0 atom stereocenters. The molecule has 1 heterocycles. The quantitative estimate of drug-likeness (QED) is 0.671. The second-order valence-electron chi connectivity index (χ2n) is 6.63. The van der Waals surface area contributed by atoms with E-state index in [1.165, 1.54) is 17.7 Å². The van der Waals surface area contributed by atoms with Gasteiger partial charge in [0.15, 0.2) is 0 Å². The lowest BCUT2D eigenvalue weighted by molar-refractivity contribution is 0.238. The first-order chi connectivity index (χ1) is 12.2. The minimum Gasteiger partial charge on any atom is -0.493 e. The lowest BCUT2D eigenvalue weighted by Crippen LogP contribution is -2.46. The molecule has 0 radical (unpaired) electrons. The van der Waals surface area contributed by atoms with E-state index >= 15 is 0 Å². The molecule has 2 aromatic carbocycles. The van der Waals surface area contributed by atoms with Crippen LogP contribution in [0.25, 0.3) is 0 Å². The van der Waals surface area contributed by atoms with E-state index in [1.807, 2.05) is 30.3 Å². The Kier molecular flexibility index (Phi) is 6.60. The van der Waals surface area contributed by atoms with Gasteiger partial charge in [0, 0.05) is 36.9 Å². The first-order valence-corrected chi connectivity index (χ1v) is 9.51. The Labute approximate surface area is 156 Å². The van der Waals surface area contributed by atoms with Crippen LogP contribution < -0.4 is 9.64 Å². The Balaban J connectivity index is 1.32. The Bertz CT molecular complexity index is 651. The number of benzene rings is 2. The number of rotatable bonds is 7. The molecule has 25 heavy (non-hydrogen) atoms. The third-order valence-corrected chi connectivity index (χ3v) is 5.04. The SMILES string of the molecule is Cc1ccccc1OCCCCN1CCN(c2ccc(Cl)cc2)CC1. The first-order valence-electron chi connectivity index (χ1n) is 9.14. The van der Waals surface area contributed by atoms with Gasteiger partial charge < -0.3 is 9.64 Å². The fourth-order valence-corrected chi connectivity index (χ4v) is 3.35. The van der Waals surface area contributed by atoms with E-state index in [9.17, 15) is 0 Å². The number of para-hydroxylation sites is 1. The number of halogens is 1. The number of unbranched alkanes of at least 4 members (excludes halogenated alkanes) is 1. The van der Waals surface area contributed by atoms with Crippen LogP contribution in [-0.2, 0) is 0 Å². The monoisotopic (exact) mass is 358 g/mol. The average Bonchev–Trinajstić information content (AvgIpc) is 2.64. The van der Waals surface area contributed by atoms with Crippen LogP contribution in [0.4, 0.5) is 5.69 Å². The van der Waals surface area contributed by atoms with E-state index in [0.717, 1.165) is 56.5 Å². The van der Waals surface area contributed by atoms with Crippen molar-refractivity contribution in [1.82, 2.24) is 4.90 Å². The Hall–Kier alpha value is -1.71. The van der Waals surface area contributed by atoms with Crippen LogP contribution in [0.3, 0.4) is 0 Å². The zero-order valence-electron chi connectivity index (χ0n) is 15.0. The molecule has 0 N–H and O–H groups in total. The highest BCUT2D eigenvalue weighted by Gasteiger charge is 2.16. The zero-order chi connectivity index (χ0) is 17.5. The Morgan fingerprint density at radius 3 is 2.36 bits per heavy atom. The number of hydrogen-bond donors (Lipinski definition) is 0. The van der Waals surface area contributed by atoms with Gasteiger partial charge >= 0.3 is 0 Å². The number of nitrogens with zero attached hydrogens (tertiary/aromatic N) is 2. The van der Waals surface area contributed by atoms with Crippen molar-refractivity contribution < 1.29 is 4.74 Å². The molecule has 1 fully saturated rings. The third kappa shape index (κ3) is 5.38. The molecule has 0 saturated carbocycles. The van der Waals surface area contributed by atoms with Gasteiger partial charge in [-0.15, -0.1) is 0 Å². The van der Waals surface area contributed by atoms with Gasteiger partial charge in [-0.3, -0.25) is 4.90 Å². The van der Waals surface area contributed by atoms with Gasteiger partial charge in [-0.1, -0.05) is 29.8 Å². The maximum atomic E-state index is 5.97. The van der Waals surface area contributed by atoms with E-state index < -0.39 is 0 Å². The van der Waals surface area contributed by atoms with Crippen molar-refractivity contribution in [2.24, 2.45) is 0 Å². The second kappa shape index (κ2) is 9.12. The maximum absolute atomic E-state index is 5.97. The van der Waals surface area contributed by atoms with Crippen molar-refractivity contribution in [2.45, 2.75) is 19.8 Å². The average molecular weight is 359 g/mol. The van der Waals surface area contributed by atoms with Gasteiger partial charge in [0.2, 0.25) is 0 Å². The molecule has 3 rings (SSSR count). The smallest absolute Gasteiger partial charge is 0.122 e.